The Balaban J connectivity index is 1.47. The van der Waals surface area contributed by atoms with Gasteiger partial charge in [-0.3, -0.25) is 10.1 Å². The van der Waals surface area contributed by atoms with E-state index in [9.17, 15) is 4.79 Å². The summed E-state index contributed by atoms with van der Waals surface area (Å²) in [5, 5.41) is 9.67. The second-order valence-electron chi connectivity index (χ2n) is 7.21. The van der Waals surface area contributed by atoms with Crippen molar-refractivity contribution in [2.24, 2.45) is 17.6 Å². The molecule has 6 N–H and O–H groups in total. The Labute approximate surface area is 132 Å². The predicted octanol–water partition coefficient (Wildman–Crippen LogP) is -0.398. The molecule has 0 amide bonds. The molecule has 0 aromatic carbocycles. The van der Waals surface area contributed by atoms with Gasteiger partial charge in [-0.25, -0.2) is 5.32 Å². The fourth-order valence-corrected chi connectivity index (χ4v) is 4.53. The van der Waals surface area contributed by atoms with Crippen LogP contribution in [0.5, 0.6) is 0 Å². The van der Waals surface area contributed by atoms with Gasteiger partial charge in [0.05, 0.1) is 25.2 Å². The number of carbonyl (C=O) groups is 1. The topological polar surface area (TPSA) is 93.0 Å². The van der Waals surface area contributed by atoms with E-state index in [-0.39, 0.29) is 24.3 Å². The number of hydrogen-bond acceptors (Lipinski definition) is 5. The van der Waals surface area contributed by atoms with Crippen molar-refractivity contribution in [3.63, 3.8) is 0 Å². The van der Waals surface area contributed by atoms with Gasteiger partial charge in [0, 0.05) is 12.0 Å². The fraction of sp³-hybridized carbons (Fsp3) is 0.938. The van der Waals surface area contributed by atoms with E-state index in [0.717, 1.165) is 25.7 Å². The molecule has 0 spiro atoms. The highest BCUT2D eigenvalue weighted by Crippen LogP contribution is 2.27. The molecular formula is C16H31N4O2+. The SMILES string of the molecule is COC(=O)C1CCC(NC2NC(N)C3CCCCC3[NH2+]2)CC1. The Morgan fingerprint density at radius 3 is 2.64 bits per heavy atom. The third kappa shape index (κ3) is 3.62. The highest BCUT2D eigenvalue weighted by atomic mass is 16.5. The monoisotopic (exact) mass is 311 g/mol. The summed E-state index contributed by atoms with van der Waals surface area (Å²) >= 11 is 0. The smallest absolute Gasteiger partial charge is 0.308 e. The van der Waals surface area contributed by atoms with Crippen LogP contribution in [0.15, 0.2) is 0 Å². The van der Waals surface area contributed by atoms with Crippen molar-refractivity contribution < 1.29 is 14.8 Å². The van der Waals surface area contributed by atoms with Crippen molar-refractivity contribution >= 4 is 5.97 Å². The highest BCUT2D eigenvalue weighted by molar-refractivity contribution is 5.72. The number of esters is 1. The molecule has 4 unspecified atom stereocenters. The largest absolute Gasteiger partial charge is 0.469 e. The standard InChI is InChI=1S/C16H30N4O2/c1-22-15(21)10-6-8-11(9-7-10)18-16-19-13-5-3-2-4-12(13)14(17)20-16/h10-14,16,18-20H,2-9,17H2,1H3/p+1. The van der Waals surface area contributed by atoms with Crippen LogP contribution in [0.3, 0.4) is 0 Å². The van der Waals surface area contributed by atoms with Gasteiger partial charge in [-0.1, -0.05) is 6.42 Å². The lowest BCUT2D eigenvalue weighted by Crippen LogP contribution is -3.06. The number of hydrogen-bond donors (Lipinski definition) is 4. The van der Waals surface area contributed by atoms with Crippen LogP contribution in [0.25, 0.3) is 0 Å². The van der Waals surface area contributed by atoms with Crippen molar-refractivity contribution in [2.45, 2.75) is 75.9 Å². The van der Waals surface area contributed by atoms with E-state index in [4.69, 9.17) is 10.5 Å². The number of fused-ring (bicyclic) bond motifs is 1. The van der Waals surface area contributed by atoms with Crippen LogP contribution in [0.4, 0.5) is 0 Å². The van der Waals surface area contributed by atoms with E-state index in [1.807, 2.05) is 0 Å². The maximum Gasteiger partial charge on any atom is 0.308 e. The molecule has 0 aromatic heterocycles. The number of ether oxygens (including phenoxy) is 1. The van der Waals surface area contributed by atoms with Gasteiger partial charge in [0.15, 0.2) is 6.29 Å². The zero-order valence-corrected chi connectivity index (χ0v) is 13.6. The molecule has 3 aliphatic rings. The van der Waals surface area contributed by atoms with E-state index in [2.05, 4.69) is 16.0 Å². The van der Waals surface area contributed by atoms with E-state index in [0.29, 0.717) is 18.0 Å². The Bertz CT molecular complexity index is 384. The van der Waals surface area contributed by atoms with Gasteiger partial charge in [-0.2, -0.15) is 0 Å². The Morgan fingerprint density at radius 2 is 1.91 bits per heavy atom. The maximum atomic E-state index is 11.6. The first-order valence-electron chi connectivity index (χ1n) is 8.88. The van der Waals surface area contributed by atoms with Crippen LogP contribution in [0, 0.1) is 11.8 Å². The van der Waals surface area contributed by atoms with E-state index < -0.39 is 0 Å². The Morgan fingerprint density at radius 1 is 1.18 bits per heavy atom. The van der Waals surface area contributed by atoms with E-state index in [1.54, 1.807) is 0 Å². The van der Waals surface area contributed by atoms with Crippen LogP contribution in [-0.2, 0) is 9.53 Å². The maximum absolute atomic E-state index is 11.6. The molecule has 1 saturated heterocycles. The molecule has 3 fully saturated rings. The third-order valence-corrected chi connectivity index (χ3v) is 5.82. The van der Waals surface area contributed by atoms with Gasteiger partial charge in [0.25, 0.3) is 0 Å². The molecule has 1 aliphatic heterocycles. The lowest BCUT2D eigenvalue weighted by molar-refractivity contribution is -0.750. The van der Waals surface area contributed by atoms with Crippen LogP contribution in [0.1, 0.15) is 51.4 Å². The second kappa shape index (κ2) is 7.25. The van der Waals surface area contributed by atoms with Gasteiger partial charge in [-0.05, 0) is 44.9 Å². The van der Waals surface area contributed by atoms with E-state index in [1.165, 1.54) is 32.8 Å². The number of quaternary nitrogens is 1. The molecule has 0 aromatic rings. The quantitative estimate of drug-likeness (QED) is 0.532. The highest BCUT2D eigenvalue weighted by Gasteiger charge is 2.40. The lowest BCUT2D eigenvalue weighted by atomic mass is 9.81. The van der Waals surface area contributed by atoms with Crippen molar-refractivity contribution in [1.29, 1.82) is 0 Å². The number of carbonyl (C=O) groups excluding carboxylic acids is 1. The first kappa shape index (κ1) is 16.2. The predicted molar refractivity (Wildman–Crippen MR) is 83.5 cm³/mol. The van der Waals surface area contributed by atoms with Gasteiger partial charge < -0.3 is 15.8 Å². The fourth-order valence-electron chi connectivity index (χ4n) is 4.53. The third-order valence-electron chi connectivity index (χ3n) is 5.82. The number of nitrogens with one attached hydrogen (secondary N) is 2. The zero-order chi connectivity index (χ0) is 15.5. The molecule has 0 bridgehead atoms. The summed E-state index contributed by atoms with van der Waals surface area (Å²) in [6.07, 6.45) is 9.45. The number of nitrogens with two attached hydrogens (primary N) is 2. The molecule has 0 radical (unpaired) electrons. The van der Waals surface area contributed by atoms with Crippen LogP contribution >= 0.6 is 0 Å². The molecule has 126 valence electrons. The molecule has 6 nitrogen and oxygen atoms in total. The summed E-state index contributed by atoms with van der Waals surface area (Å²) in [6, 6.07) is 1.14. The number of rotatable bonds is 3. The first-order valence-corrected chi connectivity index (χ1v) is 8.88. The number of methoxy groups -OCH3 is 1. The summed E-state index contributed by atoms with van der Waals surface area (Å²) in [4.78, 5) is 11.6. The molecule has 6 heteroatoms. The summed E-state index contributed by atoms with van der Waals surface area (Å²) < 4.78 is 4.85. The molecule has 22 heavy (non-hydrogen) atoms. The van der Waals surface area contributed by atoms with Gasteiger partial charge >= 0.3 is 5.97 Å². The van der Waals surface area contributed by atoms with Crippen LogP contribution in [-0.4, -0.2) is 37.6 Å². The molecule has 4 atom stereocenters. The molecule has 1 heterocycles. The summed E-state index contributed by atoms with van der Waals surface area (Å²) in [5.74, 6) is 0.658. The minimum absolute atomic E-state index is 0.0483. The average Bonchev–Trinajstić information content (AvgIpc) is 2.55. The van der Waals surface area contributed by atoms with Gasteiger partial charge in [0.1, 0.15) is 0 Å². The Hall–Kier alpha value is -0.690. The molecule has 2 saturated carbocycles. The van der Waals surface area contributed by atoms with Gasteiger partial charge in [0.2, 0.25) is 0 Å². The van der Waals surface area contributed by atoms with Crippen LogP contribution in [0.2, 0.25) is 0 Å². The van der Waals surface area contributed by atoms with E-state index >= 15 is 0 Å². The normalized spacial score (nSPS) is 42.5. The van der Waals surface area contributed by atoms with Crippen molar-refractivity contribution in [3.8, 4) is 0 Å². The van der Waals surface area contributed by atoms with Crippen molar-refractivity contribution in [1.82, 2.24) is 10.6 Å². The second-order valence-corrected chi connectivity index (χ2v) is 7.21. The summed E-state index contributed by atoms with van der Waals surface area (Å²) in [5.41, 5.74) is 6.33. The zero-order valence-electron chi connectivity index (χ0n) is 13.6. The Kier molecular flexibility index (Phi) is 5.33. The van der Waals surface area contributed by atoms with Gasteiger partial charge in [-0.15, -0.1) is 0 Å². The lowest BCUT2D eigenvalue weighted by Gasteiger charge is -2.43. The summed E-state index contributed by atoms with van der Waals surface area (Å²) in [6.45, 7) is 0. The molecule has 2 aliphatic carbocycles. The van der Waals surface area contributed by atoms with Crippen molar-refractivity contribution in [2.75, 3.05) is 7.11 Å². The molecule has 3 rings (SSSR count). The first-order chi connectivity index (χ1) is 10.7. The molecular weight excluding hydrogens is 280 g/mol. The van der Waals surface area contributed by atoms with Crippen LogP contribution < -0.4 is 21.7 Å². The average molecular weight is 311 g/mol. The minimum Gasteiger partial charge on any atom is -0.469 e. The summed E-state index contributed by atoms with van der Waals surface area (Å²) in [7, 11) is 1.48. The minimum atomic E-state index is -0.0483. The van der Waals surface area contributed by atoms with Crippen molar-refractivity contribution in [3.05, 3.63) is 0 Å².